The molecule has 0 aliphatic carbocycles. The van der Waals surface area contributed by atoms with Crippen LogP contribution in [0.15, 0.2) is 57.2 Å². The maximum absolute atomic E-state index is 9.44. The number of nitriles is 1. The maximum atomic E-state index is 9.44. The Morgan fingerprint density at radius 2 is 1.83 bits per heavy atom. The average Bonchev–Trinajstić information content (AvgIpc) is 2.38. The van der Waals surface area contributed by atoms with Gasteiger partial charge in [0, 0.05) is 14.7 Å². The molecule has 0 unspecified atom stereocenters. The molecule has 2 nitrogen and oxygen atoms in total. The second-order valence-electron chi connectivity index (χ2n) is 3.54. The molecule has 1 N–H and O–H groups in total. The highest BCUT2D eigenvalue weighted by molar-refractivity contribution is 8.00. The Bertz CT molecular complexity index is 605. The molecule has 0 bridgehead atoms. The molecule has 0 heterocycles. The van der Waals surface area contributed by atoms with Crippen molar-refractivity contribution in [3.8, 4) is 11.8 Å². The molecule has 0 spiro atoms. The Morgan fingerprint density at radius 3 is 2.50 bits per heavy atom. The number of aromatic hydroxyl groups is 1. The van der Waals surface area contributed by atoms with Crippen LogP contribution in [0, 0.1) is 11.3 Å². The number of benzene rings is 2. The molecule has 0 saturated heterocycles. The van der Waals surface area contributed by atoms with Gasteiger partial charge in [-0.25, -0.2) is 0 Å². The average molecular weight is 273 g/mol. The van der Waals surface area contributed by atoms with Crippen molar-refractivity contribution >= 4 is 23.5 Å². The van der Waals surface area contributed by atoms with E-state index in [-0.39, 0.29) is 5.75 Å². The van der Waals surface area contributed by atoms with Crippen LogP contribution in [0.3, 0.4) is 0 Å². The minimum Gasteiger partial charge on any atom is -0.508 e. The van der Waals surface area contributed by atoms with Gasteiger partial charge < -0.3 is 5.11 Å². The van der Waals surface area contributed by atoms with Crippen LogP contribution in [0.1, 0.15) is 5.56 Å². The van der Waals surface area contributed by atoms with Crippen LogP contribution in [0.2, 0.25) is 0 Å². The zero-order chi connectivity index (χ0) is 13.0. The molecule has 0 amide bonds. The molecular formula is C14H11NOS2. The van der Waals surface area contributed by atoms with E-state index in [4.69, 9.17) is 0 Å². The third kappa shape index (κ3) is 2.81. The summed E-state index contributed by atoms with van der Waals surface area (Å²) >= 11 is 3.05. The largest absolute Gasteiger partial charge is 0.508 e. The van der Waals surface area contributed by atoms with Gasteiger partial charge in [0.2, 0.25) is 0 Å². The van der Waals surface area contributed by atoms with E-state index >= 15 is 0 Å². The standard InChI is InChI=1S/C14H11NOS2/c1-17-13-6-3-7-14(12(13)9-15)18-11-5-2-4-10(16)8-11/h2-8,16H,1H3. The number of nitrogens with zero attached hydrogens (tertiary/aromatic N) is 1. The van der Waals surface area contributed by atoms with Gasteiger partial charge in [-0.1, -0.05) is 23.9 Å². The van der Waals surface area contributed by atoms with Crippen molar-refractivity contribution < 1.29 is 5.11 Å². The molecule has 2 aromatic rings. The lowest BCUT2D eigenvalue weighted by Gasteiger charge is -2.07. The van der Waals surface area contributed by atoms with Crippen molar-refractivity contribution in [1.82, 2.24) is 0 Å². The quantitative estimate of drug-likeness (QED) is 0.854. The van der Waals surface area contributed by atoms with Crippen LogP contribution in [0.4, 0.5) is 0 Å². The number of hydrogen-bond acceptors (Lipinski definition) is 4. The van der Waals surface area contributed by atoms with E-state index in [2.05, 4.69) is 6.07 Å². The number of thioether (sulfide) groups is 1. The molecular weight excluding hydrogens is 262 g/mol. The fourth-order valence-corrected chi connectivity index (χ4v) is 3.17. The Hall–Kier alpha value is -1.57. The van der Waals surface area contributed by atoms with E-state index in [1.807, 2.05) is 30.5 Å². The molecule has 18 heavy (non-hydrogen) atoms. The van der Waals surface area contributed by atoms with Crippen LogP contribution in [-0.2, 0) is 0 Å². The van der Waals surface area contributed by atoms with E-state index < -0.39 is 0 Å². The van der Waals surface area contributed by atoms with E-state index in [9.17, 15) is 10.4 Å². The van der Waals surface area contributed by atoms with Gasteiger partial charge in [0.15, 0.2) is 0 Å². The topological polar surface area (TPSA) is 44.0 Å². The highest BCUT2D eigenvalue weighted by atomic mass is 32.2. The highest BCUT2D eigenvalue weighted by Gasteiger charge is 2.08. The Labute approximate surface area is 115 Å². The smallest absolute Gasteiger partial charge is 0.116 e. The first-order chi connectivity index (χ1) is 8.74. The SMILES string of the molecule is CSc1cccc(Sc2cccc(O)c2)c1C#N. The van der Waals surface area contributed by atoms with E-state index in [0.29, 0.717) is 5.56 Å². The highest BCUT2D eigenvalue weighted by Crippen LogP contribution is 2.35. The van der Waals surface area contributed by atoms with Gasteiger partial charge in [-0.3, -0.25) is 0 Å². The molecule has 0 aliphatic heterocycles. The summed E-state index contributed by atoms with van der Waals surface area (Å²) in [6.07, 6.45) is 1.96. The molecule has 0 saturated carbocycles. The van der Waals surface area contributed by atoms with Crippen molar-refractivity contribution in [2.24, 2.45) is 0 Å². The fourth-order valence-electron chi connectivity index (χ4n) is 1.55. The summed E-state index contributed by atoms with van der Waals surface area (Å²) < 4.78 is 0. The lowest BCUT2D eigenvalue weighted by molar-refractivity contribution is 0.474. The van der Waals surface area contributed by atoms with Crippen LogP contribution in [0.25, 0.3) is 0 Å². The van der Waals surface area contributed by atoms with Gasteiger partial charge in [0.25, 0.3) is 0 Å². The van der Waals surface area contributed by atoms with Crippen LogP contribution < -0.4 is 0 Å². The third-order valence-corrected chi connectivity index (χ3v) is 4.19. The van der Waals surface area contributed by atoms with Crippen molar-refractivity contribution in [1.29, 1.82) is 5.26 Å². The van der Waals surface area contributed by atoms with Crippen molar-refractivity contribution in [2.75, 3.05) is 6.26 Å². The predicted octanol–water partition coefficient (Wildman–Crippen LogP) is 4.14. The molecule has 0 radical (unpaired) electrons. The molecule has 2 aromatic carbocycles. The molecule has 2 rings (SSSR count). The van der Waals surface area contributed by atoms with Gasteiger partial charge in [-0.2, -0.15) is 5.26 Å². The first-order valence-electron chi connectivity index (χ1n) is 5.28. The van der Waals surface area contributed by atoms with E-state index in [0.717, 1.165) is 14.7 Å². The predicted molar refractivity (Wildman–Crippen MR) is 75.2 cm³/mol. The minimum absolute atomic E-state index is 0.236. The van der Waals surface area contributed by atoms with Crippen molar-refractivity contribution in [3.05, 3.63) is 48.0 Å². The Morgan fingerprint density at radius 1 is 1.11 bits per heavy atom. The zero-order valence-corrected chi connectivity index (χ0v) is 11.4. The molecule has 4 heteroatoms. The zero-order valence-electron chi connectivity index (χ0n) is 9.75. The Balaban J connectivity index is 2.38. The Kier molecular flexibility index (Phi) is 4.19. The van der Waals surface area contributed by atoms with E-state index in [1.165, 1.54) is 11.8 Å². The minimum atomic E-state index is 0.236. The number of phenolic OH excluding ortho intramolecular Hbond substituents is 1. The molecule has 90 valence electrons. The van der Waals surface area contributed by atoms with Gasteiger partial charge >= 0.3 is 0 Å². The first-order valence-corrected chi connectivity index (χ1v) is 7.32. The van der Waals surface area contributed by atoms with Gasteiger partial charge in [0.05, 0.1) is 5.56 Å². The molecule has 0 aromatic heterocycles. The van der Waals surface area contributed by atoms with Gasteiger partial charge in [-0.05, 0) is 36.6 Å². The monoisotopic (exact) mass is 273 g/mol. The maximum Gasteiger partial charge on any atom is 0.116 e. The second-order valence-corrected chi connectivity index (χ2v) is 5.51. The summed E-state index contributed by atoms with van der Waals surface area (Å²) in [5.74, 6) is 0.236. The van der Waals surface area contributed by atoms with Crippen molar-refractivity contribution in [3.63, 3.8) is 0 Å². The fraction of sp³-hybridized carbons (Fsp3) is 0.0714. The summed E-state index contributed by atoms with van der Waals surface area (Å²) in [4.78, 5) is 2.81. The lowest BCUT2D eigenvalue weighted by atomic mass is 10.2. The number of phenols is 1. The lowest BCUT2D eigenvalue weighted by Crippen LogP contribution is -1.85. The second kappa shape index (κ2) is 5.85. The first kappa shape index (κ1) is 12.9. The summed E-state index contributed by atoms with van der Waals surface area (Å²) in [6, 6.07) is 15.1. The van der Waals surface area contributed by atoms with Gasteiger partial charge in [-0.15, -0.1) is 11.8 Å². The molecule has 0 fully saturated rings. The normalized spacial score (nSPS) is 10.0. The molecule has 0 aliphatic rings. The summed E-state index contributed by atoms with van der Waals surface area (Å²) in [5.41, 5.74) is 0.693. The van der Waals surface area contributed by atoms with Crippen LogP contribution in [0.5, 0.6) is 5.75 Å². The third-order valence-electron chi connectivity index (χ3n) is 2.37. The summed E-state index contributed by atoms with van der Waals surface area (Å²) in [7, 11) is 0. The van der Waals surface area contributed by atoms with Crippen LogP contribution >= 0.6 is 23.5 Å². The van der Waals surface area contributed by atoms with Crippen LogP contribution in [-0.4, -0.2) is 11.4 Å². The number of rotatable bonds is 3. The summed E-state index contributed by atoms with van der Waals surface area (Å²) in [5, 5.41) is 18.7. The van der Waals surface area contributed by atoms with Crippen molar-refractivity contribution in [2.45, 2.75) is 14.7 Å². The van der Waals surface area contributed by atoms with E-state index in [1.54, 1.807) is 30.0 Å². The van der Waals surface area contributed by atoms with Gasteiger partial charge in [0.1, 0.15) is 11.8 Å². The summed E-state index contributed by atoms with van der Waals surface area (Å²) in [6.45, 7) is 0. The molecule has 0 atom stereocenters. The number of hydrogen-bond donors (Lipinski definition) is 1.